The molecule has 2 rings (SSSR count). The van der Waals surface area contributed by atoms with Crippen molar-refractivity contribution in [2.75, 3.05) is 44.8 Å². The molecule has 1 atom stereocenters. The van der Waals surface area contributed by atoms with Gasteiger partial charge < -0.3 is 25.4 Å². The van der Waals surface area contributed by atoms with Crippen LogP contribution in [0.5, 0.6) is 0 Å². The van der Waals surface area contributed by atoms with Crippen LogP contribution in [0, 0.1) is 0 Å². The van der Waals surface area contributed by atoms with Crippen molar-refractivity contribution in [3.63, 3.8) is 0 Å². The Morgan fingerprint density at radius 2 is 2.16 bits per heavy atom. The molecule has 138 valence electrons. The van der Waals surface area contributed by atoms with Gasteiger partial charge in [-0.15, -0.1) is 0 Å². The zero-order valence-electron chi connectivity index (χ0n) is 14.8. The highest BCUT2D eigenvalue weighted by Gasteiger charge is 2.15. The van der Waals surface area contributed by atoms with Crippen molar-refractivity contribution in [1.29, 1.82) is 0 Å². The third kappa shape index (κ3) is 8.00. The normalized spacial score (nSPS) is 17.3. The number of para-hydroxylation sites is 1. The van der Waals surface area contributed by atoms with E-state index in [1.165, 1.54) is 0 Å². The number of guanidine groups is 1. The average molecular weight is 348 g/mol. The van der Waals surface area contributed by atoms with Crippen LogP contribution in [0.4, 0.5) is 5.69 Å². The summed E-state index contributed by atoms with van der Waals surface area (Å²) >= 11 is 0. The highest BCUT2D eigenvalue weighted by atomic mass is 16.5. The predicted octanol–water partition coefficient (Wildman–Crippen LogP) is 1.38. The fraction of sp³-hybridized carbons (Fsp3) is 0.556. The maximum absolute atomic E-state index is 11.9. The second-order valence-corrected chi connectivity index (χ2v) is 5.75. The van der Waals surface area contributed by atoms with Crippen molar-refractivity contribution in [3.05, 3.63) is 30.3 Å². The van der Waals surface area contributed by atoms with Crippen molar-refractivity contribution in [2.24, 2.45) is 4.99 Å². The maximum Gasteiger partial charge on any atom is 0.246 e. The molecule has 1 aliphatic heterocycles. The Morgan fingerprint density at radius 1 is 1.32 bits per heavy atom. The molecule has 1 fully saturated rings. The molecule has 7 nitrogen and oxygen atoms in total. The van der Waals surface area contributed by atoms with Gasteiger partial charge in [0.2, 0.25) is 5.91 Å². The van der Waals surface area contributed by atoms with Gasteiger partial charge in [-0.1, -0.05) is 18.2 Å². The van der Waals surface area contributed by atoms with Crippen LogP contribution in [0.3, 0.4) is 0 Å². The Bertz CT molecular complexity index is 530. The fourth-order valence-electron chi connectivity index (χ4n) is 2.39. The van der Waals surface area contributed by atoms with Crippen LogP contribution in [0.25, 0.3) is 0 Å². The molecular formula is C18H28N4O3. The summed E-state index contributed by atoms with van der Waals surface area (Å²) in [6.07, 6.45) is 2.09. The highest BCUT2D eigenvalue weighted by Crippen LogP contribution is 2.08. The second kappa shape index (κ2) is 11.4. The second-order valence-electron chi connectivity index (χ2n) is 5.75. The molecule has 1 aliphatic rings. The maximum atomic E-state index is 11.9. The van der Waals surface area contributed by atoms with Gasteiger partial charge >= 0.3 is 0 Å². The summed E-state index contributed by atoms with van der Waals surface area (Å²) in [4.78, 5) is 16.2. The first-order chi connectivity index (χ1) is 12.3. The van der Waals surface area contributed by atoms with Crippen LogP contribution < -0.4 is 16.0 Å². The Morgan fingerprint density at radius 3 is 2.88 bits per heavy atom. The monoisotopic (exact) mass is 348 g/mol. The number of amides is 1. The lowest BCUT2D eigenvalue weighted by Gasteiger charge is -2.13. The van der Waals surface area contributed by atoms with Crippen molar-refractivity contribution in [1.82, 2.24) is 10.6 Å². The summed E-state index contributed by atoms with van der Waals surface area (Å²) in [7, 11) is 0. The molecular weight excluding hydrogens is 320 g/mol. The van der Waals surface area contributed by atoms with E-state index >= 15 is 0 Å². The molecule has 0 aromatic heterocycles. The molecule has 0 spiro atoms. The number of hydrogen-bond donors (Lipinski definition) is 3. The van der Waals surface area contributed by atoms with Crippen LogP contribution in [0.2, 0.25) is 0 Å². The zero-order valence-corrected chi connectivity index (χ0v) is 14.8. The topological polar surface area (TPSA) is 84.0 Å². The van der Waals surface area contributed by atoms with Gasteiger partial charge in [-0.05, 0) is 31.9 Å². The summed E-state index contributed by atoms with van der Waals surface area (Å²) < 4.78 is 11.0. The van der Waals surface area contributed by atoms with E-state index in [1.54, 1.807) is 0 Å². The molecule has 0 bridgehead atoms. The largest absolute Gasteiger partial charge is 0.379 e. The first-order valence-electron chi connectivity index (χ1n) is 8.84. The van der Waals surface area contributed by atoms with Crippen LogP contribution in [0.15, 0.2) is 35.3 Å². The quantitative estimate of drug-likeness (QED) is 0.357. The van der Waals surface area contributed by atoms with Gasteiger partial charge in [-0.25, -0.2) is 4.99 Å². The molecule has 25 heavy (non-hydrogen) atoms. The Hall–Kier alpha value is -2.12. The molecule has 0 radical (unpaired) electrons. The minimum atomic E-state index is -0.145. The van der Waals surface area contributed by atoms with Gasteiger partial charge in [-0.3, -0.25) is 4.79 Å². The van der Waals surface area contributed by atoms with Crippen LogP contribution in [-0.2, 0) is 14.3 Å². The van der Waals surface area contributed by atoms with Crippen molar-refractivity contribution in [3.8, 4) is 0 Å². The molecule has 3 N–H and O–H groups in total. The lowest BCUT2D eigenvalue weighted by molar-refractivity contribution is -0.114. The number of aliphatic imine (C=N–C) groups is 1. The number of nitrogens with one attached hydrogen (secondary N) is 3. The first kappa shape index (κ1) is 19.2. The number of benzene rings is 1. The van der Waals surface area contributed by atoms with Gasteiger partial charge in [0, 0.05) is 32.0 Å². The fourth-order valence-corrected chi connectivity index (χ4v) is 2.39. The Kier molecular flexibility index (Phi) is 8.79. The van der Waals surface area contributed by atoms with Gasteiger partial charge in [0.15, 0.2) is 5.96 Å². The number of carbonyl (C=O) groups excluding carboxylic acids is 1. The molecule has 0 saturated carbocycles. The number of nitrogens with zero attached hydrogens (tertiary/aromatic N) is 1. The molecule has 1 aromatic carbocycles. The SMILES string of the molecule is CCNC(=NCC(=O)Nc1ccccc1)NCCCOC1CCOC1. The summed E-state index contributed by atoms with van der Waals surface area (Å²) in [5.74, 6) is 0.489. The number of ether oxygens (including phenoxy) is 2. The molecule has 1 aromatic rings. The van der Waals surface area contributed by atoms with Gasteiger partial charge in [0.25, 0.3) is 0 Å². The number of carbonyl (C=O) groups is 1. The van der Waals surface area contributed by atoms with E-state index < -0.39 is 0 Å². The third-order valence-electron chi connectivity index (χ3n) is 3.64. The van der Waals surface area contributed by atoms with Gasteiger partial charge in [0.05, 0.1) is 12.7 Å². The summed E-state index contributed by atoms with van der Waals surface area (Å²) in [6.45, 7) is 5.72. The Labute approximate surface area is 149 Å². The first-order valence-corrected chi connectivity index (χ1v) is 8.84. The lowest BCUT2D eigenvalue weighted by atomic mass is 10.3. The van der Waals surface area contributed by atoms with Crippen molar-refractivity contribution >= 4 is 17.6 Å². The van der Waals surface area contributed by atoms with E-state index in [2.05, 4.69) is 20.9 Å². The smallest absolute Gasteiger partial charge is 0.246 e. The Balaban J connectivity index is 1.65. The summed E-state index contributed by atoms with van der Waals surface area (Å²) in [5.41, 5.74) is 0.772. The number of hydrogen-bond acceptors (Lipinski definition) is 4. The number of rotatable bonds is 9. The van der Waals surface area contributed by atoms with Crippen molar-refractivity contribution in [2.45, 2.75) is 25.9 Å². The minimum Gasteiger partial charge on any atom is -0.379 e. The van der Waals surface area contributed by atoms with Gasteiger partial charge in [-0.2, -0.15) is 0 Å². The van der Waals surface area contributed by atoms with E-state index in [9.17, 15) is 4.79 Å². The average Bonchev–Trinajstić information content (AvgIpc) is 3.13. The van der Waals surface area contributed by atoms with Crippen molar-refractivity contribution < 1.29 is 14.3 Å². The summed E-state index contributed by atoms with van der Waals surface area (Å²) in [6, 6.07) is 9.36. The predicted molar refractivity (Wildman–Crippen MR) is 98.8 cm³/mol. The minimum absolute atomic E-state index is 0.0696. The van der Waals surface area contributed by atoms with Crippen LogP contribution in [0.1, 0.15) is 19.8 Å². The molecule has 1 saturated heterocycles. The zero-order chi connectivity index (χ0) is 17.7. The summed E-state index contributed by atoms with van der Waals surface area (Å²) in [5, 5.41) is 9.16. The van der Waals surface area contributed by atoms with Crippen LogP contribution in [-0.4, -0.2) is 57.4 Å². The van der Waals surface area contributed by atoms with Crippen LogP contribution >= 0.6 is 0 Å². The molecule has 1 amide bonds. The van der Waals surface area contributed by atoms with E-state index in [0.29, 0.717) is 19.2 Å². The standard InChI is InChI=1S/C18H28N4O3/c1-2-19-18(20-10-6-11-25-16-9-12-24-14-16)21-13-17(23)22-15-7-4-3-5-8-15/h3-5,7-8,16H,2,6,9-14H2,1H3,(H,22,23)(H2,19,20,21). The van der Waals surface area contributed by atoms with E-state index in [1.807, 2.05) is 37.3 Å². The molecule has 0 aliphatic carbocycles. The van der Waals surface area contributed by atoms with E-state index in [0.717, 1.165) is 38.2 Å². The number of anilines is 1. The van der Waals surface area contributed by atoms with E-state index in [4.69, 9.17) is 9.47 Å². The molecule has 1 heterocycles. The third-order valence-corrected chi connectivity index (χ3v) is 3.64. The molecule has 1 unspecified atom stereocenters. The lowest BCUT2D eigenvalue weighted by Crippen LogP contribution is -2.38. The molecule has 7 heteroatoms. The highest BCUT2D eigenvalue weighted by molar-refractivity contribution is 5.94. The van der Waals surface area contributed by atoms with Gasteiger partial charge in [0.1, 0.15) is 6.54 Å². The van der Waals surface area contributed by atoms with E-state index in [-0.39, 0.29) is 18.6 Å².